The molecule has 1 aromatic heterocycles. The fraction of sp³-hybridized carbons (Fsp3) is 0.125. The van der Waals surface area contributed by atoms with Crippen LogP contribution in [0, 0.1) is 11.3 Å². The van der Waals surface area contributed by atoms with Crippen molar-refractivity contribution in [2.45, 2.75) is 0 Å². The standard InChI is InChI=1S/C16H13ClN2OS/c1-19(2)13-6-5-11(14(17)9-13)8-12(10-18)16(20)15-4-3-7-21-15/h3-9H,1-2H3. The quantitative estimate of drug-likeness (QED) is 0.481. The summed E-state index contributed by atoms with van der Waals surface area (Å²) in [7, 11) is 3.84. The Morgan fingerprint density at radius 2 is 2.14 bits per heavy atom. The molecule has 0 radical (unpaired) electrons. The molecule has 106 valence electrons. The van der Waals surface area contributed by atoms with Crippen LogP contribution >= 0.6 is 22.9 Å². The number of hydrogen-bond acceptors (Lipinski definition) is 4. The maximum atomic E-state index is 12.2. The first-order valence-electron chi connectivity index (χ1n) is 6.20. The van der Waals surface area contributed by atoms with Gasteiger partial charge in [0.05, 0.1) is 4.88 Å². The van der Waals surface area contributed by atoms with Crippen molar-refractivity contribution in [3.05, 3.63) is 56.7 Å². The van der Waals surface area contributed by atoms with E-state index < -0.39 is 0 Å². The Labute approximate surface area is 132 Å². The normalized spacial score (nSPS) is 11.0. The molecule has 0 aliphatic heterocycles. The molecule has 0 aliphatic carbocycles. The number of Topliss-reactive ketones (excluding diaryl/α,β-unsaturated/α-hetero) is 1. The highest BCUT2D eigenvalue weighted by atomic mass is 35.5. The highest BCUT2D eigenvalue weighted by molar-refractivity contribution is 7.12. The van der Waals surface area contributed by atoms with Gasteiger partial charge in [-0.3, -0.25) is 4.79 Å². The second-order valence-corrected chi connectivity index (χ2v) is 5.93. The first kappa shape index (κ1) is 15.3. The summed E-state index contributed by atoms with van der Waals surface area (Å²) in [4.78, 5) is 14.7. The molecule has 2 aromatic rings. The number of ketones is 1. The fourth-order valence-corrected chi connectivity index (χ4v) is 2.66. The van der Waals surface area contributed by atoms with Gasteiger partial charge in [0.1, 0.15) is 11.6 Å². The number of rotatable bonds is 4. The number of thiophene rings is 1. The largest absolute Gasteiger partial charge is 0.378 e. The van der Waals surface area contributed by atoms with Crippen LogP contribution in [0.15, 0.2) is 41.3 Å². The van der Waals surface area contributed by atoms with Crippen LogP contribution in [0.1, 0.15) is 15.2 Å². The van der Waals surface area contributed by atoms with Gasteiger partial charge in [-0.1, -0.05) is 23.7 Å². The van der Waals surface area contributed by atoms with Gasteiger partial charge in [0.15, 0.2) is 0 Å². The van der Waals surface area contributed by atoms with Crippen LogP contribution in [0.2, 0.25) is 5.02 Å². The van der Waals surface area contributed by atoms with Crippen molar-refractivity contribution in [1.29, 1.82) is 5.26 Å². The molecular formula is C16H13ClN2OS. The SMILES string of the molecule is CN(C)c1ccc(C=C(C#N)C(=O)c2cccs2)c(Cl)c1. The molecule has 0 amide bonds. The highest BCUT2D eigenvalue weighted by Crippen LogP contribution is 2.25. The number of carbonyl (C=O) groups is 1. The van der Waals surface area contributed by atoms with Gasteiger partial charge < -0.3 is 4.90 Å². The number of halogens is 1. The van der Waals surface area contributed by atoms with Crippen molar-refractivity contribution < 1.29 is 4.79 Å². The maximum Gasteiger partial charge on any atom is 0.213 e. The van der Waals surface area contributed by atoms with Crippen LogP contribution < -0.4 is 4.90 Å². The Morgan fingerprint density at radius 1 is 1.38 bits per heavy atom. The zero-order valence-electron chi connectivity index (χ0n) is 11.6. The molecule has 21 heavy (non-hydrogen) atoms. The molecule has 0 saturated carbocycles. The molecule has 1 heterocycles. The van der Waals surface area contributed by atoms with Crippen molar-refractivity contribution in [2.75, 3.05) is 19.0 Å². The minimum atomic E-state index is -0.278. The predicted molar refractivity (Wildman–Crippen MR) is 88.0 cm³/mol. The van der Waals surface area contributed by atoms with Gasteiger partial charge in [0.2, 0.25) is 5.78 Å². The van der Waals surface area contributed by atoms with Gasteiger partial charge in [-0.25, -0.2) is 0 Å². The molecule has 0 bridgehead atoms. The molecule has 1 aromatic carbocycles. The Kier molecular flexibility index (Phi) is 4.79. The topological polar surface area (TPSA) is 44.1 Å². The minimum absolute atomic E-state index is 0.0805. The average molecular weight is 317 g/mol. The number of benzene rings is 1. The summed E-state index contributed by atoms with van der Waals surface area (Å²) in [5.74, 6) is -0.278. The Balaban J connectivity index is 2.37. The summed E-state index contributed by atoms with van der Waals surface area (Å²) in [6.45, 7) is 0. The number of nitriles is 1. The molecule has 0 unspecified atom stereocenters. The summed E-state index contributed by atoms with van der Waals surface area (Å²) in [5.41, 5.74) is 1.70. The van der Waals surface area contributed by atoms with Crippen LogP contribution in [-0.2, 0) is 0 Å². The van der Waals surface area contributed by atoms with Crippen LogP contribution in [0.25, 0.3) is 6.08 Å². The molecule has 5 heteroatoms. The lowest BCUT2D eigenvalue weighted by Gasteiger charge is -2.13. The van der Waals surface area contributed by atoms with Crippen molar-refractivity contribution in [2.24, 2.45) is 0 Å². The van der Waals surface area contributed by atoms with Crippen LogP contribution in [0.3, 0.4) is 0 Å². The lowest BCUT2D eigenvalue weighted by Crippen LogP contribution is -2.08. The molecule has 0 fully saturated rings. The van der Waals surface area contributed by atoms with Gasteiger partial charge in [-0.2, -0.15) is 5.26 Å². The molecule has 0 spiro atoms. The molecule has 3 nitrogen and oxygen atoms in total. The highest BCUT2D eigenvalue weighted by Gasteiger charge is 2.13. The van der Waals surface area contributed by atoms with Gasteiger partial charge in [0.25, 0.3) is 0 Å². The van der Waals surface area contributed by atoms with Crippen LogP contribution in [0.4, 0.5) is 5.69 Å². The second-order valence-electron chi connectivity index (χ2n) is 4.58. The van der Waals surface area contributed by atoms with Gasteiger partial charge in [-0.15, -0.1) is 11.3 Å². The Hall–Kier alpha value is -2.09. The van der Waals surface area contributed by atoms with E-state index in [4.69, 9.17) is 11.6 Å². The maximum absolute atomic E-state index is 12.2. The average Bonchev–Trinajstić information content (AvgIpc) is 2.99. The van der Waals surface area contributed by atoms with E-state index in [1.165, 1.54) is 17.4 Å². The van der Waals surface area contributed by atoms with Gasteiger partial charge in [0, 0.05) is 24.8 Å². The number of carbonyl (C=O) groups excluding carboxylic acids is 1. The van der Waals surface area contributed by atoms with Gasteiger partial charge >= 0.3 is 0 Å². The summed E-state index contributed by atoms with van der Waals surface area (Å²) >= 11 is 7.53. The first-order chi connectivity index (χ1) is 10.0. The van der Waals surface area contributed by atoms with E-state index in [1.54, 1.807) is 29.6 Å². The summed E-state index contributed by atoms with van der Waals surface area (Å²) in [5, 5.41) is 11.5. The molecule has 2 rings (SSSR count). The zero-order valence-corrected chi connectivity index (χ0v) is 13.2. The zero-order chi connectivity index (χ0) is 15.4. The van der Waals surface area contributed by atoms with E-state index in [-0.39, 0.29) is 11.4 Å². The smallest absolute Gasteiger partial charge is 0.213 e. The summed E-state index contributed by atoms with van der Waals surface area (Å²) < 4.78 is 0. The van der Waals surface area contributed by atoms with E-state index >= 15 is 0 Å². The fourth-order valence-electron chi connectivity index (χ4n) is 1.76. The number of anilines is 1. The number of allylic oxidation sites excluding steroid dienone is 1. The van der Waals surface area contributed by atoms with Gasteiger partial charge in [-0.05, 0) is 35.2 Å². The molecule has 0 aliphatic rings. The van der Waals surface area contributed by atoms with E-state index in [0.29, 0.717) is 15.5 Å². The van der Waals surface area contributed by atoms with Crippen molar-refractivity contribution >= 4 is 40.5 Å². The van der Waals surface area contributed by atoms with E-state index in [2.05, 4.69) is 0 Å². The van der Waals surface area contributed by atoms with E-state index in [1.807, 2.05) is 31.1 Å². The molecule has 0 saturated heterocycles. The van der Waals surface area contributed by atoms with Crippen molar-refractivity contribution in [3.8, 4) is 6.07 Å². The number of nitrogens with zero attached hydrogens (tertiary/aromatic N) is 2. The third-order valence-electron chi connectivity index (χ3n) is 2.91. The third-order valence-corrected chi connectivity index (χ3v) is 4.11. The monoisotopic (exact) mass is 316 g/mol. The van der Waals surface area contributed by atoms with Crippen LogP contribution in [-0.4, -0.2) is 19.9 Å². The molecule has 0 N–H and O–H groups in total. The second kappa shape index (κ2) is 6.57. The summed E-state index contributed by atoms with van der Waals surface area (Å²) in [6.07, 6.45) is 1.53. The lowest BCUT2D eigenvalue weighted by atomic mass is 10.1. The minimum Gasteiger partial charge on any atom is -0.378 e. The number of hydrogen-bond donors (Lipinski definition) is 0. The first-order valence-corrected chi connectivity index (χ1v) is 7.45. The third kappa shape index (κ3) is 3.52. The lowest BCUT2D eigenvalue weighted by molar-refractivity contribution is 0.104. The Morgan fingerprint density at radius 3 is 2.67 bits per heavy atom. The predicted octanol–water partition coefficient (Wildman–Crippen LogP) is 4.26. The van der Waals surface area contributed by atoms with Crippen molar-refractivity contribution in [3.63, 3.8) is 0 Å². The van der Waals surface area contributed by atoms with E-state index in [0.717, 1.165) is 5.69 Å². The van der Waals surface area contributed by atoms with Crippen molar-refractivity contribution in [1.82, 2.24) is 0 Å². The Bertz CT molecular complexity index is 727. The molecular weight excluding hydrogens is 304 g/mol. The molecule has 0 atom stereocenters. The summed E-state index contributed by atoms with van der Waals surface area (Å²) in [6, 6.07) is 10.9. The van der Waals surface area contributed by atoms with E-state index in [9.17, 15) is 10.1 Å². The van der Waals surface area contributed by atoms with Crippen LogP contribution in [0.5, 0.6) is 0 Å².